The van der Waals surface area contributed by atoms with Crippen LogP contribution in [0.4, 0.5) is 0 Å². The molecule has 0 aliphatic heterocycles. The van der Waals surface area contributed by atoms with Crippen LogP contribution in [0.15, 0.2) is 15.7 Å². The van der Waals surface area contributed by atoms with Crippen LogP contribution in [0.2, 0.25) is 0 Å². The quantitative estimate of drug-likeness (QED) is 0.815. The number of nitrogens with zero attached hydrogens (tertiary/aromatic N) is 1. The van der Waals surface area contributed by atoms with E-state index in [9.17, 15) is 8.42 Å². The molecule has 1 fully saturated rings. The van der Waals surface area contributed by atoms with Gasteiger partial charge in [-0.3, -0.25) is 0 Å². The molecule has 1 aliphatic rings. The molecule has 1 saturated carbocycles. The van der Waals surface area contributed by atoms with Crippen LogP contribution in [-0.4, -0.2) is 44.1 Å². The first-order chi connectivity index (χ1) is 8.59. The van der Waals surface area contributed by atoms with Gasteiger partial charge in [0.05, 0.1) is 13.2 Å². The number of aliphatic hydroxyl groups excluding tert-OH is 1. The van der Waals surface area contributed by atoms with Gasteiger partial charge in [0.25, 0.3) is 10.0 Å². The average Bonchev–Trinajstić information content (AvgIpc) is 3.05. The highest BCUT2D eigenvalue weighted by Crippen LogP contribution is 2.33. The number of methoxy groups -OCH3 is 1. The van der Waals surface area contributed by atoms with Crippen LogP contribution in [0.25, 0.3) is 0 Å². The molecule has 1 aromatic rings. The van der Waals surface area contributed by atoms with E-state index >= 15 is 0 Å². The molecule has 0 spiro atoms. The lowest BCUT2D eigenvalue weighted by atomic mass is 10.4. The number of thiophene rings is 1. The molecule has 0 saturated heterocycles. The Bertz CT molecular complexity index is 493. The number of sulfonamides is 1. The molecular formula is C11H17NO4S2. The summed E-state index contributed by atoms with van der Waals surface area (Å²) in [5, 5.41) is 10.7. The fraction of sp³-hybridized carbons (Fsp3) is 0.636. The molecule has 1 aliphatic carbocycles. The molecule has 0 amide bonds. The lowest BCUT2D eigenvalue weighted by Crippen LogP contribution is -2.35. The van der Waals surface area contributed by atoms with Gasteiger partial charge in [0.1, 0.15) is 4.21 Å². The minimum absolute atomic E-state index is 0.116. The predicted octanol–water partition coefficient (Wildman–Crippen LogP) is 1.04. The van der Waals surface area contributed by atoms with Crippen molar-refractivity contribution in [3.8, 4) is 0 Å². The Balaban J connectivity index is 2.21. The summed E-state index contributed by atoms with van der Waals surface area (Å²) in [5.74, 6) is 0. The van der Waals surface area contributed by atoms with Crippen molar-refractivity contribution in [2.24, 2.45) is 0 Å². The summed E-state index contributed by atoms with van der Waals surface area (Å²) in [5.41, 5.74) is 0.640. The maximum absolute atomic E-state index is 12.4. The maximum Gasteiger partial charge on any atom is 0.252 e. The van der Waals surface area contributed by atoms with Gasteiger partial charge in [-0.05, 0) is 29.9 Å². The Morgan fingerprint density at radius 2 is 2.28 bits per heavy atom. The van der Waals surface area contributed by atoms with Crippen molar-refractivity contribution in [1.82, 2.24) is 4.31 Å². The molecule has 0 atom stereocenters. The Labute approximate surface area is 111 Å². The van der Waals surface area contributed by atoms with E-state index in [1.165, 1.54) is 4.31 Å². The summed E-state index contributed by atoms with van der Waals surface area (Å²) >= 11 is 1.16. The standard InChI is InChI=1S/C11H17NO4S2/c1-16-5-4-12(10-2-3-10)18(14,15)11-6-9(7-13)8-17-11/h6,8,10,13H,2-5,7H2,1H3. The van der Waals surface area contributed by atoms with Gasteiger partial charge in [0.15, 0.2) is 0 Å². The third kappa shape index (κ3) is 2.92. The summed E-state index contributed by atoms with van der Waals surface area (Å²) in [4.78, 5) is 0. The first kappa shape index (κ1) is 14.0. The summed E-state index contributed by atoms with van der Waals surface area (Å²) in [6, 6.07) is 1.66. The van der Waals surface area contributed by atoms with E-state index in [1.807, 2.05) is 0 Å². The molecule has 0 bridgehead atoms. The third-order valence-corrected chi connectivity index (χ3v) is 6.26. The Kier molecular flexibility index (Phi) is 4.39. The highest BCUT2D eigenvalue weighted by Gasteiger charge is 2.38. The largest absolute Gasteiger partial charge is 0.392 e. The van der Waals surface area contributed by atoms with E-state index in [-0.39, 0.29) is 12.6 Å². The molecule has 1 N–H and O–H groups in total. The first-order valence-electron chi connectivity index (χ1n) is 5.78. The second-order valence-corrected chi connectivity index (χ2v) is 7.30. The van der Waals surface area contributed by atoms with E-state index < -0.39 is 10.0 Å². The van der Waals surface area contributed by atoms with Gasteiger partial charge in [-0.2, -0.15) is 4.31 Å². The lowest BCUT2D eigenvalue weighted by molar-refractivity contribution is 0.177. The molecule has 1 aromatic heterocycles. The van der Waals surface area contributed by atoms with Crippen molar-refractivity contribution >= 4 is 21.4 Å². The third-order valence-electron chi connectivity index (χ3n) is 2.85. The normalized spacial score (nSPS) is 16.4. The molecule has 1 heterocycles. The molecule has 7 heteroatoms. The number of hydrogen-bond acceptors (Lipinski definition) is 5. The second kappa shape index (κ2) is 5.66. The van der Waals surface area contributed by atoms with Gasteiger partial charge in [-0.25, -0.2) is 8.42 Å². The first-order valence-corrected chi connectivity index (χ1v) is 8.10. The molecule has 0 aromatic carbocycles. The van der Waals surface area contributed by atoms with Gasteiger partial charge in [-0.1, -0.05) is 0 Å². The van der Waals surface area contributed by atoms with E-state index in [0.29, 0.717) is 22.9 Å². The monoisotopic (exact) mass is 291 g/mol. The number of aliphatic hydroxyl groups is 1. The minimum Gasteiger partial charge on any atom is -0.392 e. The second-order valence-electron chi connectivity index (χ2n) is 4.27. The molecule has 0 radical (unpaired) electrons. The predicted molar refractivity (Wildman–Crippen MR) is 69.0 cm³/mol. The summed E-state index contributed by atoms with van der Waals surface area (Å²) in [6.45, 7) is 0.650. The Morgan fingerprint density at radius 1 is 1.56 bits per heavy atom. The summed E-state index contributed by atoms with van der Waals surface area (Å²) in [6.07, 6.45) is 1.84. The number of ether oxygens (including phenoxy) is 1. The van der Waals surface area contributed by atoms with Crippen molar-refractivity contribution in [3.63, 3.8) is 0 Å². The fourth-order valence-electron chi connectivity index (χ4n) is 1.73. The topological polar surface area (TPSA) is 66.8 Å². The van der Waals surface area contributed by atoms with E-state index in [4.69, 9.17) is 9.84 Å². The molecule has 18 heavy (non-hydrogen) atoms. The van der Waals surface area contributed by atoms with Gasteiger partial charge in [-0.15, -0.1) is 11.3 Å². The van der Waals surface area contributed by atoms with Gasteiger partial charge in [0, 0.05) is 19.7 Å². The zero-order valence-electron chi connectivity index (χ0n) is 10.2. The van der Waals surface area contributed by atoms with Crippen LogP contribution in [0.3, 0.4) is 0 Å². The zero-order chi connectivity index (χ0) is 13.2. The molecule has 2 rings (SSSR count). The summed E-state index contributed by atoms with van der Waals surface area (Å²) < 4.78 is 31.7. The maximum atomic E-state index is 12.4. The van der Waals surface area contributed by atoms with Crippen molar-refractivity contribution in [1.29, 1.82) is 0 Å². The highest BCUT2D eigenvalue weighted by atomic mass is 32.2. The molecule has 5 nitrogen and oxygen atoms in total. The van der Waals surface area contributed by atoms with Gasteiger partial charge < -0.3 is 9.84 Å². The van der Waals surface area contributed by atoms with Crippen LogP contribution in [0, 0.1) is 0 Å². The molecule has 0 unspecified atom stereocenters. The summed E-state index contributed by atoms with van der Waals surface area (Å²) in [7, 11) is -1.88. The Hall–Kier alpha value is -0.470. The Morgan fingerprint density at radius 3 is 2.78 bits per heavy atom. The van der Waals surface area contributed by atoms with Crippen LogP contribution >= 0.6 is 11.3 Å². The number of rotatable bonds is 7. The van der Waals surface area contributed by atoms with Crippen molar-refractivity contribution in [2.45, 2.75) is 29.7 Å². The van der Waals surface area contributed by atoms with Crippen molar-refractivity contribution in [3.05, 3.63) is 17.0 Å². The van der Waals surface area contributed by atoms with Crippen molar-refractivity contribution < 1.29 is 18.3 Å². The van der Waals surface area contributed by atoms with E-state index in [0.717, 1.165) is 24.2 Å². The fourth-order valence-corrected chi connectivity index (χ4v) is 4.73. The number of hydrogen-bond donors (Lipinski definition) is 1. The zero-order valence-corrected chi connectivity index (χ0v) is 11.8. The average molecular weight is 291 g/mol. The van der Waals surface area contributed by atoms with E-state index in [1.54, 1.807) is 18.6 Å². The van der Waals surface area contributed by atoms with Crippen LogP contribution < -0.4 is 0 Å². The highest BCUT2D eigenvalue weighted by molar-refractivity contribution is 7.91. The SMILES string of the molecule is COCCN(C1CC1)S(=O)(=O)c1cc(CO)cs1. The minimum atomic E-state index is -3.44. The molecule has 102 valence electrons. The smallest absolute Gasteiger partial charge is 0.252 e. The van der Waals surface area contributed by atoms with Crippen LogP contribution in [0.5, 0.6) is 0 Å². The van der Waals surface area contributed by atoms with Crippen LogP contribution in [0.1, 0.15) is 18.4 Å². The van der Waals surface area contributed by atoms with Gasteiger partial charge in [0.2, 0.25) is 0 Å². The van der Waals surface area contributed by atoms with Gasteiger partial charge >= 0.3 is 0 Å². The molecular weight excluding hydrogens is 274 g/mol. The van der Waals surface area contributed by atoms with Crippen molar-refractivity contribution in [2.75, 3.05) is 20.3 Å². The van der Waals surface area contributed by atoms with E-state index in [2.05, 4.69) is 0 Å². The van der Waals surface area contributed by atoms with Crippen LogP contribution in [-0.2, 0) is 21.4 Å². The lowest BCUT2D eigenvalue weighted by Gasteiger charge is -2.20.